The lowest BCUT2D eigenvalue weighted by Crippen LogP contribution is -1.97. The summed E-state index contributed by atoms with van der Waals surface area (Å²) in [6, 6.07) is 0. The van der Waals surface area contributed by atoms with Crippen molar-refractivity contribution in [3.63, 3.8) is 0 Å². The summed E-state index contributed by atoms with van der Waals surface area (Å²) in [5.74, 6) is 0. The minimum Gasteiger partial charge on any atom is -0.382 e. The summed E-state index contributed by atoms with van der Waals surface area (Å²) in [6.45, 7) is 2.88. The highest BCUT2D eigenvalue weighted by atomic mass is 31.2. The van der Waals surface area contributed by atoms with Crippen molar-refractivity contribution in [3.8, 4) is 0 Å². The number of hydrogen-bond donors (Lipinski definition) is 2. The lowest BCUT2D eigenvalue weighted by atomic mass is 10.5. The van der Waals surface area contributed by atoms with Crippen LogP contribution in [0.2, 0.25) is 0 Å². The Kier molecular flexibility index (Phi) is 4.91. The molecule has 0 radical (unpaired) electrons. The van der Waals surface area contributed by atoms with Crippen LogP contribution < -0.4 is 0 Å². The molecule has 0 aromatic carbocycles. The quantitative estimate of drug-likeness (QED) is 0.465. The zero-order valence-corrected chi connectivity index (χ0v) is 6.88. The first-order valence-corrected chi connectivity index (χ1v) is 4.98. The molecule has 4 nitrogen and oxygen atoms in total. The average Bonchev–Trinajstić information content (AvgIpc) is 1.78. The first-order valence-electron chi connectivity index (χ1n) is 3.18. The summed E-state index contributed by atoms with van der Waals surface area (Å²) in [6.07, 6.45) is 0.352. The SMILES string of the molecule is CCOCCCP(=O)(O)O. The molecule has 2 N–H and O–H groups in total. The van der Waals surface area contributed by atoms with Crippen LogP contribution >= 0.6 is 7.60 Å². The highest BCUT2D eigenvalue weighted by Gasteiger charge is 2.10. The van der Waals surface area contributed by atoms with Gasteiger partial charge in [-0.1, -0.05) is 0 Å². The molecule has 0 aromatic rings. The van der Waals surface area contributed by atoms with E-state index < -0.39 is 7.60 Å². The standard InChI is InChI=1S/C5H13O4P/c1-2-9-4-3-5-10(6,7)8/h2-5H2,1H3,(H2,6,7,8). The molecule has 10 heavy (non-hydrogen) atoms. The Labute approximate surface area is 60.4 Å². The van der Waals surface area contributed by atoms with Gasteiger partial charge in [0.1, 0.15) is 0 Å². The van der Waals surface area contributed by atoms with E-state index in [4.69, 9.17) is 14.5 Å². The third kappa shape index (κ3) is 8.11. The van der Waals surface area contributed by atoms with Gasteiger partial charge in [0.25, 0.3) is 0 Å². The Hall–Kier alpha value is 0.110. The second-order valence-electron chi connectivity index (χ2n) is 1.94. The van der Waals surface area contributed by atoms with E-state index in [2.05, 4.69) is 0 Å². The molecule has 0 saturated carbocycles. The highest BCUT2D eigenvalue weighted by Crippen LogP contribution is 2.34. The Morgan fingerprint density at radius 1 is 1.50 bits per heavy atom. The van der Waals surface area contributed by atoms with Crippen LogP contribution in [0.3, 0.4) is 0 Å². The van der Waals surface area contributed by atoms with Crippen LogP contribution in [-0.4, -0.2) is 29.2 Å². The summed E-state index contributed by atoms with van der Waals surface area (Å²) in [5, 5.41) is 0. The zero-order chi connectivity index (χ0) is 8.04. The lowest BCUT2D eigenvalue weighted by Gasteiger charge is -2.02. The number of hydrogen-bond acceptors (Lipinski definition) is 2. The van der Waals surface area contributed by atoms with Crippen LogP contribution in [0.25, 0.3) is 0 Å². The first-order chi connectivity index (χ1) is 4.56. The first kappa shape index (κ1) is 10.1. The second kappa shape index (κ2) is 4.85. The van der Waals surface area contributed by atoms with E-state index in [-0.39, 0.29) is 6.16 Å². The molecule has 0 heterocycles. The maximum Gasteiger partial charge on any atom is 0.325 e. The largest absolute Gasteiger partial charge is 0.382 e. The van der Waals surface area contributed by atoms with Crippen molar-refractivity contribution in [1.82, 2.24) is 0 Å². The Balaban J connectivity index is 3.13. The molecule has 0 aromatic heterocycles. The van der Waals surface area contributed by atoms with Crippen molar-refractivity contribution in [1.29, 1.82) is 0 Å². The Morgan fingerprint density at radius 3 is 2.50 bits per heavy atom. The monoisotopic (exact) mass is 168 g/mol. The van der Waals surface area contributed by atoms with Crippen LogP contribution in [0.15, 0.2) is 0 Å². The van der Waals surface area contributed by atoms with Crippen LogP contribution in [0.1, 0.15) is 13.3 Å². The van der Waals surface area contributed by atoms with E-state index in [9.17, 15) is 4.57 Å². The summed E-state index contributed by atoms with van der Waals surface area (Å²) < 4.78 is 15.1. The van der Waals surface area contributed by atoms with Crippen molar-refractivity contribution >= 4 is 7.60 Å². The summed E-state index contributed by atoms with van der Waals surface area (Å²) >= 11 is 0. The van der Waals surface area contributed by atoms with Crippen molar-refractivity contribution < 1.29 is 19.1 Å². The van der Waals surface area contributed by atoms with Gasteiger partial charge in [-0.2, -0.15) is 0 Å². The number of rotatable bonds is 5. The van der Waals surface area contributed by atoms with Gasteiger partial charge in [-0.05, 0) is 13.3 Å². The summed E-state index contributed by atoms with van der Waals surface area (Å²) in [7, 11) is -3.79. The normalized spacial score (nSPS) is 11.9. The Morgan fingerprint density at radius 2 is 2.10 bits per heavy atom. The van der Waals surface area contributed by atoms with E-state index in [1.807, 2.05) is 6.92 Å². The van der Waals surface area contributed by atoms with Crippen molar-refractivity contribution in [3.05, 3.63) is 0 Å². The molecule has 0 amide bonds. The van der Waals surface area contributed by atoms with Gasteiger partial charge in [-0.25, -0.2) is 0 Å². The highest BCUT2D eigenvalue weighted by molar-refractivity contribution is 7.51. The summed E-state index contributed by atoms with van der Waals surface area (Å²) in [5.41, 5.74) is 0. The van der Waals surface area contributed by atoms with E-state index >= 15 is 0 Å². The molecule has 0 fully saturated rings. The molecule has 0 aliphatic carbocycles. The topological polar surface area (TPSA) is 66.8 Å². The molecule has 0 aliphatic heterocycles. The van der Waals surface area contributed by atoms with E-state index in [0.717, 1.165) is 0 Å². The van der Waals surface area contributed by atoms with Gasteiger partial charge in [0.05, 0.1) is 6.16 Å². The van der Waals surface area contributed by atoms with Gasteiger partial charge in [0.2, 0.25) is 0 Å². The predicted molar refractivity (Wildman–Crippen MR) is 38.0 cm³/mol. The molecular weight excluding hydrogens is 155 g/mol. The van der Waals surface area contributed by atoms with E-state index in [1.165, 1.54) is 0 Å². The van der Waals surface area contributed by atoms with Crippen LogP contribution in [-0.2, 0) is 9.30 Å². The van der Waals surface area contributed by atoms with Gasteiger partial charge in [0, 0.05) is 13.2 Å². The fraction of sp³-hybridized carbons (Fsp3) is 1.00. The molecule has 0 spiro atoms. The smallest absolute Gasteiger partial charge is 0.325 e. The minimum atomic E-state index is -3.79. The third-order valence-corrected chi connectivity index (χ3v) is 1.84. The van der Waals surface area contributed by atoms with Gasteiger partial charge >= 0.3 is 7.60 Å². The predicted octanol–water partition coefficient (Wildman–Crippen LogP) is 0.591. The van der Waals surface area contributed by atoms with Gasteiger partial charge < -0.3 is 14.5 Å². The fourth-order valence-corrected chi connectivity index (χ4v) is 1.06. The zero-order valence-electron chi connectivity index (χ0n) is 5.99. The molecule has 0 unspecified atom stereocenters. The van der Waals surface area contributed by atoms with E-state index in [1.54, 1.807) is 0 Å². The molecule has 0 bridgehead atoms. The molecule has 5 heteroatoms. The van der Waals surface area contributed by atoms with E-state index in [0.29, 0.717) is 19.6 Å². The molecule has 0 saturated heterocycles. The summed E-state index contributed by atoms with van der Waals surface area (Å²) in [4.78, 5) is 16.7. The molecule has 62 valence electrons. The van der Waals surface area contributed by atoms with Crippen LogP contribution in [0, 0.1) is 0 Å². The second-order valence-corrected chi connectivity index (χ2v) is 3.72. The number of ether oxygens (including phenoxy) is 1. The van der Waals surface area contributed by atoms with Gasteiger partial charge in [-0.3, -0.25) is 4.57 Å². The van der Waals surface area contributed by atoms with Gasteiger partial charge in [0.15, 0.2) is 0 Å². The molecular formula is C5H13O4P. The maximum atomic E-state index is 10.2. The third-order valence-electron chi connectivity index (χ3n) is 0.942. The minimum absolute atomic E-state index is 0.0764. The molecule has 0 aliphatic rings. The van der Waals surface area contributed by atoms with Crippen molar-refractivity contribution in [2.24, 2.45) is 0 Å². The average molecular weight is 168 g/mol. The van der Waals surface area contributed by atoms with Gasteiger partial charge in [-0.15, -0.1) is 0 Å². The fourth-order valence-electron chi connectivity index (χ4n) is 0.517. The van der Waals surface area contributed by atoms with Crippen molar-refractivity contribution in [2.75, 3.05) is 19.4 Å². The van der Waals surface area contributed by atoms with Crippen molar-refractivity contribution in [2.45, 2.75) is 13.3 Å². The molecule has 0 rings (SSSR count). The van der Waals surface area contributed by atoms with Crippen LogP contribution in [0.4, 0.5) is 0 Å². The lowest BCUT2D eigenvalue weighted by molar-refractivity contribution is 0.147. The molecule has 0 atom stereocenters. The maximum absolute atomic E-state index is 10.2. The van der Waals surface area contributed by atoms with Crippen LogP contribution in [0.5, 0.6) is 0 Å². The Bertz CT molecular complexity index is 119.